The molecule has 2 fully saturated rings. The minimum atomic E-state index is -0.0609. The summed E-state index contributed by atoms with van der Waals surface area (Å²) >= 11 is 0. The van der Waals surface area contributed by atoms with E-state index in [4.69, 9.17) is 9.47 Å². The fourth-order valence-electron chi connectivity index (χ4n) is 5.85. The number of unbranched alkanes of at least 4 members (excludes halogenated alkanes) is 2. The molecule has 2 aliphatic carbocycles. The molecule has 2 saturated carbocycles. The summed E-state index contributed by atoms with van der Waals surface area (Å²) in [6, 6.07) is 7.61. The number of hydrogen-bond donors (Lipinski definition) is 0. The summed E-state index contributed by atoms with van der Waals surface area (Å²) < 4.78 is 11.6. The molecule has 0 aromatic heterocycles. The maximum absolute atomic E-state index is 12.5. The second kappa shape index (κ2) is 13.9. The molecule has 0 spiro atoms. The first-order valence-corrected chi connectivity index (χ1v) is 13.6. The van der Waals surface area contributed by atoms with Gasteiger partial charge in [-0.15, -0.1) is 0 Å². The molecular formula is C29H46O3. The van der Waals surface area contributed by atoms with Crippen LogP contribution in [0.1, 0.15) is 110 Å². The van der Waals surface area contributed by atoms with E-state index >= 15 is 0 Å². The Bertz CT molecular complexity index is 645. The third kappa shape index (κ3) is 8.12. The lowest BCUT2D eigenvalue weighted by Crippen LogP contribution is -2.25. The van der Waals surface area contributed by atoms with Crippen molar-refractivity contribution in [1.29, 1.82) is 0 Å². The maximum Gasteiger partial charge on any atom is 0.314 e. The Morgan fingerprint density at radius 1 is 0.812 bits per heavy atom. The summed E-state index contributed by atoms with van der Waals surface area (Å²) in [5, 5.41) is 0. The van der Waals surface area contributed by atoms with Gasteiger partial charge in [0.2, 0.25) is 0 Å². The van der Waals surface area contributed by atoms with Crippen molar-refractivity contribution in [2.24, 2.45) is 23.7 Å². The Balaban J connectivity index is 1.34. The summed E-state index contributed by atoms with van der Waals surface area (Å²) in [6.45, 7) is 5.32. The first-order chi connectivity index (χ1) is 15.7. The highest BCUT2D eigenvalue weighted by molar-refractivity contribution is 5.75. The summed E-state index contributed by atoms with van der Waals surface area (Å²) in [7, 11) is 0. The first-order valence-electron chi connectivity index (χ1n) is 13.6. The van der Waals surface area contributed by atoms with Crippen molar-refractivity contribution in [3.8, 4) is 11.5 Å². The molecule has 0 bridgehead atoms. The number of rotatable bonds is 12. The molecule has 3 heteroatoms. The van der Waals surface area contributed by atoms with Crippen molar-refractivity contribution < 1.29 is 14.3 Å². The number of carbonyl (C=O) groups excluding carboxylic acids is 1. The van der Waals surface area contributed by atoms with E-state index in [-0.39, 0.29) is 11.9 Å². The third-order valence-electron chi connectivity index (χ3n) is 8.03. The van der Waals surface area contributed by atoms with E-state index in [2.05, 4.69) is 13.8 Å². The summed E-state index contributed by atoms with van der Waals surface area (Å²) in [6.07, 6.45) is 19.2. The highest BCUT2D eigenvalue weighted by Crippen LogP contribution is 2.36. The van der Waals surface area contributed by atoms with Crippen LogP contribution in [-0.4, -0.2) is 12.6 Å². The molecule has 32 heavy (non-hydrogen) atoms. The van der Waals surface area contributed by atoms with Crippen LogP contribution in [0.2, 0.25) is 0 Å². The van der Waals surface area contributed by atoms with Gasteiger partial charge in [0.1, 0.15) is 11.5 Å². The first kappa shape index (κ1) is 25.1. The molecule has 0 radical (unpaired) electrons. The van der Waals surface area contributed by atoms with E-state index in [9.17, 15) is 4.79 Å². The maximum atomic E-state index is 12.5. The molecule has 2 unspecified atom stereocenters. The standard InChI is InChI=1S/C29H46O3/c1-3-5-6-10-24-11-7-8-12-25(24)13-9-22-31-27-18-20-28(21-19-27)32-29(30)26-16-14-23(4-2)15-17-26/h18-21,23-26H,3-17,22H2,1-2H3. The van der Waals surface area contributed by atoms with E-state index < -0.39 is 0 Å². The summed E-state index contributed by atoms with van der Waals surface area (Å²) in [5.74, 6) is 4.15. The van der Waals surface area contributed by atoms with Crippen LogP contribution in [0.5, 0.6) is 11.5 Å². The Kier molecular flexibility index (Phi) is 10.9. The van der Waals surface area contributed by atoms with Crippen molar-refractivity contribution >= 4 is 5.97 Å². The molecular weight excluding hydrogens is 396 g/mol. The number of esters is 1. The van der Waals surface area contributed by atoms with Gasteiger partial charge in [0.15, 0.2) is 0 Å². The van der Waals surface area contributed by atoms with Crippen LogP contribution in [0.4, 0.5) is 0 Å². The molecule has 0 heterocycles. The fourth-order valence-corrected chi connectivity index (χ4v) is 5.85. The van der Waals surface area contributed by atoms with Gasteiger partial charge < -0.3 is 9.47 Å². The van der Waals surface area contributed by atoms with Gasteiger partial charge in [-0.25, -0.2) is 0 Å². The molecule has 3 rings (SSSR count). The Hall–Kier alpha value is -1.51. The molecule has 0 N–H and O–H groups in total. The van der Waals surface area contributed by atoms with Crippen molar-refractivity contribution in [1.82, 2.24) is 0 Å². The predicted molar refractivity (Wildman–Crippen MR) is 132 cm³/mol. The van der Waals surface area contributed by atoms with Crippen LogP contribution >= 0.6 is 0 Å². The smallest absolute Gasteiger partial charge is 0.314 e. The van der Waals surface area contributed by atoms with Crippen LogP contribution in [-0.2, 0) is 4.79 Å². The number of carbonyl (C=O) groups is 1. The lowest BCUT2D eigenvalue weighted by molar-refractivity contribution is -0.140. The lowest BCUT2D eigenvalue weighted by Gasteiger charge is -2.31. The van der Waals surface area contributed by atoms with Crippen LogP contribution in [0, 0.1) is 23.7 Å². The van der Waals surface area contributed by atoms with Crippen molar-refractivity contribution in [2.75, 3.05) is 6.61 Å². The molecule has 0 amide bonds. The number of hydrogen-bond acceptors (Lipinski definition) is 3. The van der Waals surface area contributed by atoms with E-state index in [1.54, 1.807) is 0 Å². The molecule has 180 valence electrons. The fraction of sp³-hybridized carbons (Fsp3) is 0.759. The number of benzene rings is 1. The van der Waals surface area contributed by atoms with Crippen LogP contribution in [0.25, 0.3) is 0 Å². The van der Waals surface area contributed by atoms with E-state index in [1.807, 2.05) is 24.3 Å². The van der Waals surface area contributed by atoms with Gasteiger partial charge in [0.25, 0.3) is 0 Å². The minimum Gasteiger partial charge on any atom is -0.494 e. The van der Waals surface area contributed by atoms with E-state index in [1.165, 1.54) is 64.2 Å². The normalized spacial score (nSPS) is 25.9. The molecule has 0 saturated heterocycles. The van der Waals surface area contributed by atoms with Gasteiger partial charge in [-0.1, -0.05) is 71.6 Å². The average molecular weight is 443 g/mol. The summed E-state index contributed by atoms with van der Waals surface area (Å²) in [4.78, 5) is 12.5. The summed E-state index contributed by atoms with van der Waals surface area (Å²) in [5.41, 5.74) is 0. The van der Waals surface area contributed by atoms with Gasteiger partial charge in [0.05, 0.1) is 12.5 Å². The number of ether oxygens (including phenoxy) is 2. The molecule has 1 aromatic rings. The van der Waals surface area contributed by atoms with E-state index in [0.29, 0.717) is 5.75 Å². The molecule has 1 aromatic carbocycles. The SMILES string of the molecule is CCCCCC1CCCCC1CCCOc1ccc(OC(=O)C2CCC(CC)CC2)cc1. The van der Waals surface area contributed by atoms with Crippen molar-refractivity contribution in [2.45, 2.75) is 110 Å². The Morgan fingerprint density at radius 2 is 1.44 bits per heavy atom. The topological polar surface area (TPSA) is 35.5 Å². The largest absolute Gasteiger partial charge is 0.494 e. The average Bonchev–Trinajstić information content (AvgIpc) is 2.84. The van der Waals surface area contributed by atoms with E-state index in [0.717, 1.165) is 62.2 Å². The monoisotopic (exact) mass is 442 g/mol. The Morgan fingerprint density at radius 3 is 2.06 bits per heavy atom. The lowest BCUT2D eigenvalue weighted by atomic mass is 9.74. The highest BCUT2D eigenvalue weighted by atomic mass is 16.5. The van der Waals surface area contributed by atoms with Gasteiger partial charge in [0, 0.05) is 0 Å². The van der Waals surface area contributed by atoms with Crippen molar-refractivity contribution in [3.05, 3.63) is 24.3 Å². The highest BCUT2D eigenvalue weighted by Gasteiger charge is 2.27. The van der Waals surface area contributed by atoms with Gasteiger partial charge in [-0.3, -0.25) is 4.79 Å². The quantitative estimate of drug-likeness (QED) is 0.185. The van der Waals surface area contributed by atoms with Crippen LogP contribution in [0.3, 0.4) is 0 Å². The second-order valence-corrected chi connectivity index (χ2v) is 10.3. The minimum absolute atomic E-state index is 0.0609. The zero-order valence-electron chi connectivity index (χ0n) is 20.7. The van der Waals surface area contributed by atoms with Crippen molar-refractivity contribution in [3.63, 3.8) is 0 Å². The molecule has 2 atom stereocenters. The van der Waals surface area contributed by atoms with Crippen LogP contribution in [0.15, 0.2) is 24.3 Å². The van der Waals surface area contributed by atoms with Gasteiger partial charge in [-0.05, 0) is 80.5 Å². The van der Waals surface area contributed by atoms with Gasteiger partial charge >= 0.3 is 5.97 Å². The van der Waals surface area contributed by atoms with Crippen LogP contribution < -0.4 is 9.47 Å². The zero-order valence-corrected chi connectivity index (χ0v) is 20.7. The third-order valence-corrected chi connectivity index (χ3v) is 8.03. The Labute approximate surface area is 196 Å². The molecule has 3 nitrogen and oxygen atoms in total. The second-order valence-electron chi connectivity index (χ2n) is 10.3. The molecule has 2 aliphatic rings. The van der Waals surface area contributed by atoms with Gasteiger partial charge in [-0.2, -0.15) is 0 Å². The zero-order chi connectivity index (χ0) is 22.6. The molecule has 0 aliphatic heterocycles. The predicted octanol–water partition coefficient (Wildman–Crippen LogP) is 8.35.